The largest absolute Gasteiger partial charge is 0.399 e. The topological polar surface area (TPSA) is 55.1 Å². The van der Waals surface area contributed by atoms with Crippen molar-refractivity contribution in [3.63, 3.8) is 0 Å². The number of nitrogen functional groups attached to an aromatic ring is 1. The number of nitrogens with two attached hydrogens (primary N) is 1. The lowest BCUT2D eigenvalue weighted by Crippen LogP contribution is -2.27. The van der Waals surface area contributed by atoms with Gasteiger partial charge in [0.15, 0.2) is 0 Å². The molecule has 0 aromatic heterocycles. The van der Waals surface area contributed by atoms with Crippen molar-refractivity contribution < 1.29 is 4.79 Å². The van der Waals surface area contributed by atoms with Crippen LogP contribution in [0.1, 0.15) is 38.1 Å². The molecule has 1 aliphatic carbocycles. The first-order valence-electron chi connectivity index (χ1n) is 6.40. The van der Waals surface area contributed by atoms with E-state index in [-0.39, 0.29) is 5.91 Å². The van der Waals surface area contributed by atoms with Gasteiger partial charge in [0.1, 0.15) is 0 Å². The van der Waals surface area contributed by atoms with Gasteiger partial charge in [-0.1, -0.05) is 33.8 Å². The van der Waals surface area contributed by atoms with Crippen molar-refractivity contribution in [2.45, 2.75) is 27.7 Å². The Hall–Kier alpha value is -1.51. The highest BCUT2D eigenvalue weighted by molar-refractivity contribution is 5.95. The van der Waals surface area contributed by atoms with Crippen LogP contribution < -0.4 is 11.1 Å². The molecular formula is C15H22N2O. The quantitative estimate of drug-likeness (QED) is 0.806. The van der Waals surface area contributed by atoms with Crippen molar-refractivity contribution >= 4 is 11.6 Å². The summed E-state index contributed by atoms with van der Waals surface area (Å²) in [7, 11) is 0. The molecule has 18 heavy (non-hydrogen) atoms. The number of carbonyl (C=O) groups excluding carboxylic acids is 1. The van der Waals surface area contributed by atoms with Gasteiger partial charge in [-0.05, 0) is 34.9 Å². The molecule has 0 heterocycles. The maximum absolute atomic E-state index is 12.0. The van der Waals surface area contributed by atoms with Crippen LogP contribution in [0, 0.1) is 16.7 Å². The molecule has 0 atom stereocenters. The molecule has 98 valence electrons. The van der Waals surface area contributed by atoms with Crippen LogP contribution in [0.5, 0.6) is 0 Å². The number of hydrogen-bond donors (Lipinski definition) is 2. The van der Waals surface area contributed by atoms with Crippen LogP contribution in [-0.2, 0) is 0 Å². The molecule has 0 unspecified atom stereocenters. The van der Waals surface area contributed by atoms with Gasteiger partial charge in [-0.15, -0.1) is 0 Å². The Bertz CT molecular complexity index is 463. The number of nitrogens with one attached hydrogen (secondary N) is 1. The third-order valence-corrected chi connectivity index (χ3v) is 4.94. The number of benzene rings is 1. The smallest absolute Gasteiger partial charge is 0.251 e. The first-order valence-corrected chi connectivity index (χ1v) is 6.40. The second-order valence-corrected chi connectivity index (χ2v) is 6.33. The number of amides is 1. The lowest BCUT2D eigenvalue weighted by Gasteiger charge is -2.07. The van der Waals surface area contributed by atoms with E-state index in [4.69, 9.17) is 5.73 Å². The zero-order valence-electron chi connectivity index (χ0n) is 11.6. The van der Waals surface area contributed by atoms with Crippen molar-refractivity contribution in [2.24, 2.45) is 16.7 Å². The minimum absolute atomic E-state index is 0.0409. The van der Waals surface area contributed by atoms with Crippen LogP contribution in [0.4, 0.5) is 5.69 Å². The third-order valence-electron chi connectivity index (χ3n) is 4.94. The Morgan fingerprint density at radius 1 is 1.28 bits per heavy atom. The predicted molar refractivity (Wildman–Crippen MR) is 74.2 cm³/mol. The standard InChI is InChI=1S/C15H22N2O/c1-14(2)12(15(14,3)4)9-17-13(18)10-6-5-7-11(16)8-10/h5-8,12H,9,16H2,1-4H3,(H,17,18). The van der Waals surface area contributed by atoms with Gasteiger partial charge in [0.05, 0.1) is 0 Å². The van der Waals surface area contributed by atoms with Gasteiger partial charge in [0.2, 0.25) is 0 Å². The second kappa shape index (κ2) is 4.01. The van der Waals surface area contributed by atoms with Crippen LogP contribution in [-0.4, -0.2) is 12.5 Å². The van der Waals surface area contributed by atoms with Crippen LogP contribution >= 0.6 is 0 Å². The van der Waals surface area contributed by atoms with E-state index in [9.17, 15) is 4.79 Å². The van der Waals surface area contributed by atoms with E-state index < -0.39 is 0 Å². The van der Waals surface area contributed by atoms with E-state index in [2.05, 4.69) is 33.0 Å². The summed E-state index contributed by atoms with van der Waals surface area (Å²) in [6.07, 6.45) is 0. The van der Waals surface area contributed by atoms with Crippen LogP contribution in [0.3, 0.4) is 0 Å². The predicted octanol–water partition coefficient (Wildman–Crippen LogP) is 2.68. The molecule has 3 heteroatoms. The molecule has 3 N–H and O–H groups in total. The van der Waals surface area contributed by atoms with Crippen molar-refractivity contribution in [2.75, 3.05) is 12.3 Å². The van der Waals surface area contributed by atoms with Crippen LogP contribution in [0.15, 0.2) is 24.3 Å². The van der Waals surface area contributed by atoms with Crippen LogP contribution in [0.2, 0.25) is 0 Å². The average molecular weight is 246 g/mol. The van der Waals surface area contributed by atoms with Crippen molar-refractivity contribution in [1.82, 2.24) is 5.32 Å². The minimum Gasteiger partial charge on any atom is -0.399 e. The lowest BCUT2D eigenvalue weighted by atomic mass is 10.0. The lowest BCUT2D eigenvalue weighted by molar-refractivity contribution is 0.0950. The number of hydrogen-bond acceptors (Lipinski definition) is 2. The summed E-state index contributed by atoms with van der Waals surface area (Å²) < 4.78 is 0. The average Bonchev–Trinajstić information content (AvgIpc) is 2.66. The molecule has 0 radical (unpaired) electrons. The molecule has 1 amide bonds. The maximum atomic E-state index is 12.0. The zero-order chi connectivity index (χ0) is 13.6. The van der Waals surface area contributed by atoms with E-state index >= 15 is 0 Å². The zero-order valence-corrected chi connectivity index (χ0v) is 11.6. The van der Waals surface area contributed by atoms with E-state index in [0.717, 1.165) is 6.54 Å². The van der Waals surface area contributed by atoms with E-state index in [1.54, 1.807) is 24.3 Å². The highest BCUT2D eigenvalue weighted by Crippen LogP contribution is 2.67. The van der Waals surface area contributed by atoms with Crippen molar-refractivity contribution in [3.05, 3.63) is 29.8 Å². The van der Waals surface area contributed by atoms with Crippen LogP contribution in [0.25, 0.3) is 0 Å². The van der Waals surface area contributed by atoms with Gasteiger partial charge < -0.3 is 11.1 Å². The molecule has 0 saturated heterocycles. The normalized spacial score (nSPS) is 20.4. The molecule has 3 nitrogen and oxygen atoms in total. The molecule has 0 bridgehead atoms. The molecular weight excluding hydrogens is 224 g/mol. The summed E-state index contributed by atoms with van der Waals surface area (Å²) in [5, 5.41) is 3.00. The summed E-state index contributed by atoms with van der Waals surface area (Å²) in [5.74, 6) is 0.496. The number of anilines is 1. The molecule has 0 spiro atoms. The SMILES string of the molecule is CC1(C)C(CNC(=O)c2cccc(N)c2)C1(C)C. The molecule has 1 fully saturated rings. The molecule has 1 aromatic carbocycles. The summed E-state index contributed by atoms with van der Waals surface area (Å²) in [6.45, 7) is 9.75. The van der Waals surface area contributed by atoms with E-state index in [1.165, 1.54) is 0 Å². The Balaban J connectivity index is 1.95. The minimum atomic E-state index is -0.0409. The summed E-state index contributed by atoms with van der Waals surface area (Å²) in [4.78, 5) is 12.0. The molecule has 1 saturated carbocycles. The van der Waals surface area contributed by atoms with Gasteiger partial charge in [-0.25, -0.2) is 0 Å². The Kier molecular flexibility index (Phi) is 2.88. The van der Waals surface area contributed by atoms with Crippen molar-refractivity contribution in [3.8, 4) is 0 Å². The third kappa shape index (κ3) is 1.98. The van der Waals surface area contributed by atoms with E-state index in [1.807, 2.05) is 0 Å². The monoisotopic (exact) mass is 246 g/mol. The second-order valence-electron chi connectivity index (χ2n) is 6.33. The molecule has 2 rings (SSSR count). The van der Waals surface area contributed by atoms with Gasteiger partial charge in [0, 0.05) is 17.8 Å². The first kappa shape index (κ1) is 12.9. The Labute approximate surface area is 109 Å². The maximum Gasteiger partial charge on any atom is 0.251 e. The van der Waals surface area contributed by atoms with Gasteiger partial charge >= 0.3 is 0 Å². The highest BCUT2D eigenvalue weighted by Gasteiger charge is 2.64. The fraction of sp³-hybridized carbons (Fsp3) is 0.533. The first-order chi connectivity index (χ1) is 8.26. The van der Waals surface area contributed by atoms with Gasteiger partial charge in [0.25, 0.3) is 5.91 Å². The fourth-order valence-corrected chi connectivity index (χ4v) is 2.82. The van der Waals surface area contributed by atoms with Gasteiger partial charge in [-0.3, -0.25) is 4.79 Å². The van der Waals surface area contributed by atoms with E-state index in [0.29, 0.717) is 28.0 Å². The summed E-state index contributed by atoms with van der Waals surface area (Å²) in [6, 6.07) is 7.08. The highest BCUT2D eigenvalue weighted by atomic mass is 16.1. The summed E-state index contributed by atoms with van der Waals surface area (Å²) >= 11 is 0. The fourth-order valence-electron chi connectivity index (χ4n) is 2.82. The molecule has 0 aliphatic heterocycles. The number of carbonyl (C=O) groups is 1. The van der Waals surface area contributed by atoms with Gasteiger partial charge in [-0.2, -0.15) is 0 Å². The Morgan fingerprint density at radius 2 is 1.89 bits per heavy atom. The molecule has 1 aliphatic rings. The Morgan fingerprint density at radius 3 is 2.39 bits per heavy atom. The number of rotatable bonds is 3. The summed E-state index contributed by atoms with van der Waals surface area (Å²) in [5.41, 5.74) is 7.52. The van der Waals surface area contributed by atoms with Crippen molar-refractivity contribution in [1.29, 1.82) is 0 Å². The molecule has 1 aromatic rings.